The van der Waals surface area contributed by atoms with Gasteiger partial charge >= 0.3 is 6.18 Å². The minimum absolute atomic E-state index is 0.0804. The SMILES string of the molecule is O=Cc1ccccc1N(CCc1ccc(NC(=O)c2cccc(C(F)(F)F)c2)cc1)c1ncnc2ccsc12. The first kappa shape index (κ1) is 26.1. The van der Waals surface area contributed by atoms with Crippen molar-refractivity contribution in [1.29, 1.82) is 0 Å². The van der Waals surface area contributed by atoms with E-state index in [0.29, 0.717) is 30.0 Å². The van der Waals surface area contributed by atoms with Gasteiger partial charge in [0.25, 0.3) is 5.91 Å². The summed E-state index contributed by atoms with van der Waals surface area (Å²) in [5.41, 5.74) is 2.54. The number of alkyl halides is 3. The van der Waals surface area contributed by atoms with Crippen LogP contribution in [0.15, 0.2) is 90.6 Å². The number of aromatic nitrogens is 2. The maximum Gasteiger partial charge on any atom is 0.416 e. The number of amides is 1. The highest BCUT2D eigenvalue weighted by molar-refractivity contribution is 7.17. The third kappa shape index (κ3) is 5.80. The summed E-state index contributed by atoms with van der Waals surface area (Å²) in [6.45, 7) is 0.505. The van der Waals surface area contributed by atoms with E-state index in [9.17, 15) is 22.8 Å². The standard InChI is InChI=1S/C29H21F3N4O2S/c30-29(31,32)22-6-3-5-20(16-22)28(38)35-23-10-8-19(9-11-23)12-14-36(25-7-2-1-4-21(25)17-37)27-26-24(13-15-39-26)33-18-34-27/h1-11,13,15-18H,12,14H2,(H,35,38). The van der Waals surface area contributed by atoms with Crippen LogP contribution in [0.5, 0.6) is 0 Å². The quantitative estimate of drug-likeness (QED) is 0.209. The molecule has 196 valence electrons. The zero-order valence-electron chi connectivity index (χ0n) is 20.4. The van der Waals surface area contributed by atoms with Crippen LogP contribution in [0.2, 0.25) is 0 Å². The summed E-state index contributed by atoms with van der Waals surface area (Å²) in [7, 11) is 0. The van der Waals surface area contributed by atoms with Crippen LogP contribution in [0, 0.1) is 0 Å². The molecule has 2 heterocycles. The van der Waals surface area contributed by atoms with Gasteiger partial charge in [-0.3, -0.25) is 9.59 Å². The normalized spacial score (nSPS) is 11.4. The summed E-state index contributed by atoms with van der Waals surface area (Å²) in [4.78, 5) is 35.2. The number of hydrogen-bond donors (Lipinski definition) is 1. The third-order valence-electron chi connectivity index (χ3n) is 6.12. The zero-order valence-corrected chi connectivity index (χ0v) is 21.2. The van der Waals surface area contributed by atoms with Gasteiger partial charge in [0.05, 0.1) is 21.5 Å². The summed E-state index contributed by atoms with van der Waals surface area (Å²) in [6.07, 6.45) is -1.62. The van der Waals surface area contributed by atoms with Gasteiger partial charge in [0.1, 0.15) is 6.33 Å². The van der Waals surface area contributed by atoms with Crippen LogP contribution >= 0.6 is 11.3 Å². The minimum Gasteiger partial charge on any atom is -0.324 e. The van der Waals surface area contributed by atoms with E-state index in [1.54, 1.807) is 24.3 Å². The number of carbonyl (C=O) groups excluding carboxylic acids is 2. The van der Waals surface area contributed by atoms with Gasteiger partial charge in [0.2, 0.25) is 0 Å². The molecule has 3 aromatic carbocycles. The van der Waals surface area contributed by atoms with Crippen molar-refractivity contribution in [3.05, 3.63) is 113 Å². The van der Waals surface area contributed by atoms with E-state index in [0.717, 1.165) is 39.9 Å². The number of thiophene rings is 1. The number of halogens is 3. The molecule has 2 aromatic heterocycles. The van der Waals surface area contributed by atoms with Crippen LogP contribution in [0.4, 0.5) is 30.4 Å². The number of rotatable bonds is 8. The molecule has 0 aliphatic heterocycles. The van der Waals surface area contributed by atoms with Gasteiger partial charge in [-0.05, 0) is 65.9 Å². The molecule has 0 saturated carbocycles. The van der Waals surface area contributed by atoms with E-state index < -0.39 is 17.6 Å². The van der Waals surface area contributed by atoms with Crippen molar-refractivity contribution in [2.24, 2.45) is 0 Å². The molecule has 0 atom stereocenters. The fourth-order valence-electron chi connectivity index (χ4n) is 4.18. The topological polar surface area (TPSA) is 75.2 Å². The molecule has 0 radical (unpaired) electrons. The summed E-state index contributed by atoms with van der Waals surface area (Å²) < 4.78 is 39.9. The second-order valence-corrected chi connectivity index (χ2v) is 9.56. The van der Waals surface area contributed by atoms with Crippen LogP contribution in [0.25, 0.3) is 10.2 Å². The van der Waals surface area contributed by atoms with E-state index in [2.05, 4.69) is 15.3 Å². The van der Waals surface area contributed by atoms with Gasteiger partial charge in [-0.15, -0.1) is 11.3 Å². The number of nitrogens with zero attached hydrogens (tertiary/aromatic N) is 3. The lowest BCUT2D eigenvalue weighted by atomic mass is 10.1. The molecule has 0 aliphatic rings. The van der Waals surface area contributed by atoms with Crippen molar-refractivity contribution in [2.75, 3.05) is 16.8 Å². The first-order valence-corrected chi connectivity index (χ1v) is 12.8. The molecule has 6 nitrogen and oxygen atoms in total. The molecule has 1 amide bonds. The highest BCUT2D eigenvalue weighted by Crippen LogP contribution is 2.34. The number of aldehydes is 1. The van der Waals surface area contributed by atoms with E-state index in [1.165, 1.54) is 29.8 Å². The first-order chi connectivity index (χ1) is 18.8. The van der Waals surface area contributed by atoms with Gasteiger partial charge in [0, 0.05) is 23.4 Å². The Bertz CT molecular complexity index is 1630. The van der Waals surface area contributed by atoms with Gasteiger partial charge in [-0.25, -0.2) is 9.97 Å². The minimum atomic E-state index is -4.53. The maximum absolute atomic E-state index is 13.0. The van der Waals surface area contributed by atoms with Gasteiger partial charge in [-0.1, -0.05) is 30.3 Å². The number of anilines is 3. The molecule has 0 saturated heterocycles. The number of hydrogen-bond acceptors (Lipinski definition) is 6. The van der Waals surface area contributed by atoms with Crippen LogP contribution in [0.1, 0.15) is 31.8 Å². The molecule has 0 fully saturated rings. The average Bonchev–Trinajstić information content (AvgIpc) is 3.44. The second-order valence-electron chi connectivity index (χ2n) is 8.64. The predicted molar refractivity (Wildman–Crippen MR) is 146 cm³/mol. The maximum atomic E-state index is 13.0. The first-order valence-electron chi connectivity index (χ1n) is 11.9. The second kappa shape index (κ2) is 11.0. The molecule has 39 heavy (non-hydrogen) atoms. The molecular formula is C29H21F3N4O2S. The highest BCUT2D eigenvalue weighted by atomic mass is 32.1. The van der Waals surface area contributed by atoms with E-state index in [-0.39, 0.29) is 5.56 Å². The fourth-order valence-corrected chi connectivity index (χ4v) is 5.02. The van der Waals surface area contributed by atoms with E-state index >= 15 is 0 Å². The van der Waals surface area contributed by atoms with E-state index in [1.807, 2.05) is 40.6 Å². The van der Waals surface area contributed by atoms with Crippen LogP contribution in [-0.4, -0.2) is 28.7 Å². The summed E-state index contributed by atoms with van der Waals surface area (Å²) in [6, 6.07) is 20.6. The van der Waals surface area contributed by atoms with Gasteiger partial charge in [-0.2, -0.15) is 13.2 Å². The zero-order chi connectivity index (χ0) is 27.4. The molecule has 0 unspecified atom stereocenters. The van der Waals surface area contributed by atoms with Crippen molar-refractivity contribution in [3.63, 3.8) is 0 Å². The summed E-state index contributed by atoms with van der Waals surface area (Å²) >= 11 is 1.52. The van der Waals surface area contributed by atoms with Crippen molar-refractivity contribution < 1.29 is 22.8 Å². The molecular weight excluding hydrogens is 525 g/mol. The smallest absolute Gasteiger partial charge is 0.324 e. The van der Waals surface area contributed by atoms with Crippen molar-refractivity contribution in [2.45, 2.75) is 12.6 Å². The Balaban J connectivity index is 1.34. The number of benzene rings is 3. The molecule has 1 N–H and O–H groups in total. The molecule has 0 spiro atoms. The van der Waals surface area contributed by atoms with Crippen LogP contribution in [-0.2, 0) is 12.6 Å². The average molecular weight is 547 g/mol. The lowest BCUT2D eigenvalue weighted by Crippen LogP contribution is -2.22. The van der Waals surface area contributed by atoms with Gasteiger partial charge < -0.3 is 10.2 Å². The van der Waals surface area contributed by atoms with Crippen LogP contribution < -0.4 is 10.2 Å². The third-order valence-corrected chi connectivity index (χ3v) is 7.02. The fraction of sp³-hybridized carbons (Fsp3) is 0.103. The van der Waals surface area contributed by atoms with E-state index in [4.69, 9.17) is 0 Å². The number of fused-ring (bicyclic) bond motifs is 1. The summed E-state index contributed by atoms with van der Waals surface area (Å²) in [5.74, 6) is 0.0727. The van der Waals surface area contributed by atoms with Gasteiger partial charge in [0.15, 0.2) is 12.1 Å². The number of para-hydroxylation sites is 1. The molecule has 0 bridgehead atoms. The molecule has 0 aliphatic carbocycles. The Labute approximate surface area is 225 Å². The molecule has 10 heteroatoms. The van der Waals surface area contributed by atoms with Crippen LogP contribution in [0.3, 0.4) is 0 Å². The Morgan fingerprint density at radius 1 is 0.974 bits per heavy atom. The Morgan fingerprint density at radius 3 is 2.54 bits per heavy atom. The Kier molecular flexibility index (Phi) is 7.38. The van der Waals surface area contributed by atoms with Crippen molar-refractivity contribution in [1.82, 2.24) is 9.97 Å². The lowest BCUT2D eigenvalue weighted by molar-refractivity contribution is -0.137. The van der Waals surface area contributed by atoms with Crippen molar-refractivity contribution in [3.8, 4) is 0 Å². The Morgan fingerprint density at radius 2 is 1.77 bits per heavy atom. The largest absolute Gasteiger partial charge is 0.416 e. The highest BCUT2D eigenvalue weighted by Gasteiger charge is 2.31. The molecule has 5 aromatic rings. The predicted octanol–water partition coefficient (Wildman–Crippen LogP) is 7.16. The lowest BCUT2D eigenvalue weighted by Gasteiger charge is -2.25. The number of nitrogens with one attached hydrogen (secondary N) is 1. The summed E-state index contributed by atoms with van der Waals surface area (Å²) in [5, 5.41) is 4.59. The van der Waals surface area contributed by atoms with Crippen molar-refractivity contribution >= 4 is 50.9 Å². The monoisotopic (exact) mass is 546 g/mol. The number of carbonyl (C=O) groups is 2. The molecule has 5 rings (SSSR count). The Hall–Kier alpha value is -4.57.